The summed E-state index contributed by atoms with van der Waals surface area (Å²) in [5.74, 6) is 0.910. The van der Waals surface area contributed by atoms with Crippen molar-refractivity contribution in [1.82, 2.24) is 19.7 Å². The van der Waals surface area contributed by atoms with Gasteiger partial charge < -0.3 is 4.74 Å². The molecule has 0 aliphatic carbocycles. The number of aryl methyl sites for hydroxylation is 2. The highest BCUT2D eigenvalue weighted by atomic mass is 32.2. The topological polar surface area (TPSA) is 119 Å². The summed E-state index contributed by atoms with van der Waals surface area (Å²) in [4.78, 5) is 19.5. The highest BCUT2D eigenvalue weighted by Crippen LogP contribution is 2.25. The third kappa shape index (κ3) is 3.88. The molecule has 3 aromatic rings. The first-order valence-corrected chi connectivity index (χ1v) is 10.5. The molecule has 1 aromatic carbocycles. The fourth-order valence-corrected chi connectivity index (χ4v) is 4.04. The van der Waals surface area contributed by atoms with Crippen LogP contribution in [0.25, 0.3) is 5.95 Å². The lowest BCUT2D eigenvalue weighted by molar-refractivity contribution is 0.414. The minimum Gasteiger partial charge on any atom is -0.497 e. The van der Waals surface area contributed by atoms with Crippen LogP contribution in [0.5, 0.6) is 5.75 Å². The molecule has 2 aromatic heterocycles. The maximum atomic E-state index is 12.9. The van der Waals surface area contributed by atoms with Crippen molar-refractivity contribution < 1.29 is 13.2 Å². The van der Waals surface area contributed by atoms with Crippen LogP contribution in [0.2, 0.25) is 0 Å². The van der Waals surface area contributed by atoms with E-state index >= 15 is 0 Å². The average molecular weight is 417 g/mol. The first-order valence-electron chi connectivity index (χ1n) is 9.01. The molecular formula is C19H23N5O4S. The second-order valence-corrected chi connectivity index (χ2v) is 8.24. The fourth-order valence-electron chi connectivity index (χ4n) is 2.93. The number of hydrogen-bond acceptors (Lipinski definition) is 6. The van der Waals surface area contributed by atoms with E-state index in [2.05, 4.69) is 19.8 Å². The third-order valence-electron chi connectivity index (χ3n) is 4.72. The van der Waals surface area contributed by atoms with E-state index in [0.29, 0.717) is 34.7 Å². The molecule has 0 bridgehead atoms. The summed E-state index contributed by atoms with van der Waals surface area (Å²) in [5.41, 5.74) is 2.11. The Balaban J connectivity index is 2.08. The van der Waals surface area contributed by atoms with E-state index in [1.807, 2.05) is 6.92 Å². The Morgan fingerprint density at radius 1 is 1.14 bits per heavy atom. The lowest BCUT2D eigenvalue weighted by atomic mass is 10.2. The van der Waals surface area contributed by atoms with Crippen molar-refractivity contribution in [1.29, 1.82) is 0 Å². The summed E-state index contributed by atoms with van der Waals surface area (Å²) >= 11 is 0. The zero-order valence-electron chi connectivity index (χ0n) is 16.9. The monoisotopic (exact) mass is 417 g/mol. The van der Waals surface area contributed by atoms with Crippen LogP contribution in [-0.2, 0) is 16.4 Å². The smallest absolute Gasteiger partial charge is 0.263 e. The van der Waals surface area contributed by atoms with Gasteiger partial charge in [-0.15, -0.1) is 0 Å². The van der Waals surface area contributed by atoms with Crippen molar-refractivity contribution in [2.75, 3.05) is 11.8 Å². The van der Waals surface area contributed by atoms with Gasteiger partial charge in [-0.1, -0.05) is 6.92 Å². The molecule has 154 valence electrons. The molecule has 0 spiro atoms. The number of anilines is 1. The highest BCUT2D eigenvalue weighted by Gasteiger charge is 2.22. The van der Waals surface area contributed by atoms with Gasteiger partial charge in [0.05, 0.1) is 17.7 Å². The number of hydrogen-bond donors (Lipinski definition) is 2. The van der Waals surface area contributed by atoms with Gasteiger partial charge in [0.2, 0.25) is 5.95 Å². The van der Waals surface area contributed by atoms with E-state index in [-0.39, 0.29) is 22.2 Å². The Labute approximate surface area is 168 Å². The number of methoxy groups -OCH3 is 1. The molecule has 10 heteroatoms. The number of nitrogens with one attached hydrogen (secondary N) is 2. The molecule has 2 heterocycles. The zero-order valence-corrected chi connectivity index (χ0v) is 17.7. The molecule has 3 rings (SSSR count). The van der Waals surface area contributed by atoms with Crippen molar-refractivity contribution in [2.45, 2.75) is 39.0 Å². The van der Waals surface area contributed by atoms with E-state index in [1.54, 1.807) is 32.9 Å². The van der Waals surface area contributed by atoms with E-state index in [9.17, 15) is 13.2 Å². The largest absolute Gasteiger partial charge is 0.497 e. The van der Waals surface area contributed by atoms with Gasteiger partial charge in [-0.3, -0.25) is 14.5 Å². The van der Waals surface area contributed by atoms with Gasteiger partial charge >= 0.3 is 0 Å². The molecule has 0 amide bonds. The molecule has 2 N–H and O–H groups in total. The van der Waals surface area contributed by atoms with Crippen LogP contribution in [0.4, 0.5) is 5.82 Å². The van der Waals surface area contributed by atoms with Crippen LogP contribution in [0.1, 0.15) is 29.4 Å². The predicted octanol–water partition coefficient (Wildman–Crippen LogP) is 2.25. The Morgan fingerprint density at radius 3 is 2.34 bits per heavy atom. The molecule has 0 saturated heterocycles. The van der Waals surface area contributed by atoms with Crippen LogP contribution in [-0.4, -0.2) is 35.3 Å². The summed E-state index contributed by atoms with van der Waals surface area (Å²) in [6, 6.07) is 6.03. The van der Waals surface area contributed by atoms with E-state index in [0.717, 1.165) is 0 Å². The number of aromatic nitrogens is 4. The third-order valence-corrected chi connectivity index (χ3v) is 6.08. The molecule has 0 unspecified atom stereocenters. The number of sulfonamides is 1. The standard InChI is InChI=1S/C19H23N5O4S/c1-6-16-13(4)20-19(21-18(16)25)24-17(11(2)12(3)22-24)23-29(26,27)15-9-7-14(28-5)8-10-15/h7-10,23H,6H2,1-5H3,(H,20,21,25). The lowest BCUT2D eigenvalue weighted by Gasteiger charge is -2.12. The van der Waals surface area contributed by atoms with Crippen LogP contribution in [0, 0.1) is 20.8 Å². The van der Waals surface area contributed by atoms with Crippen molar-refractivity contribution in [3.05, 3.63) is 57.1 Å². The number of ether oxygens (including phenoxy) is 1. The summed E-state index contributed by atoms with van der Waals surface area (Å²) < 4.78 is 34.7. The lowest BCUT2D eigenvalue weighted by Crippen LogP contribution is -2.22. The first-order chi connectivity index (χ1) is 13.7. The molecule has 0 aliphatic rings. The zero-order chi connectivity index (χ0) is 21.3. The molecule has 0 fully saturated rings. The van der Waals surface area contributed by atoms with E-state index in [1.165, 1.54) is 23.9 Å². The molecule has 0 aliphatic heterocycles. The maximum absolute atomic E-state index is 12.9. The number of rotatable bonds is 6. The molecular weight excluding hydrogens is 394 g/mol. The first kappa shape index (κ1) is 20.6. The quantitative estimate of drug-likeness (QED) is 0.635. The van der Waals surface area contributed by atoms with Crippen molar-refractivity contribution in [2.24, 2.45) is 0 Å². The number of aromatic amines is 1. The summed E-state index contributed by atoms with van der Waals surface area (Å²) in [5, 5.41) is 4.36. The molecule has 0 atom stereocenters. The SMILES string of the molecule is CCc1c(C)nc(-n2nc(C)c(C)c2NS(=O)(=O)c2ccc(OC)cc2)[nH]c1=O. The Kier molecular flexibility index (Phi) is 5.47. The van der Waals surface area contributed by atoms with Gasteiger partial charge in [0.15, 0.2) is 0 Å². The van der Waals surface area contributed by atoms with Gasteiger partial charge in [0, 0.05) is 16.8 Å². The van der Waals surface area contributed by atoms with Gasteiger partial charge in [0.25, 0.3) is 15.6 Å². The van der Waals surface area contributed by atoms with Gasteiger partial charge in [-0.2, -0.15) is 9.78 Å². The van der Waals surface area contributed by atoms with E-state index < -0.39 is 10.0 Å². The molecule has 0 saturated carbocycles. The van der Waals surface area contributed by atoms with Crippen molar-refractivity contribution in [3.63, 3.8) is 0 Å². The normalized spacial score (nSPS) is 11.5. The van der Waals surface area contributed by atoms with Crippen molar-refractivity contribution >= 4 is 15.8 Å². The fraction of sp³-hybridized carbons (Fsp3) is 0.316. The minimum atomic E-state index is -3.90. The van der Waals surface area contributed by atoms with Gasteiger partial charge in [-0.05, 0) is 51.5 Å². The highest BCUT2D eigenvalue weighted by molar-refractivity contribution is 7.92. The molecule has 29 heavy (non-hydrogen) atoms. The Bertz CT molecular complexity index is 1210. The molecule has 9 nitrogen and oxygen atoms in total. The number of benzene rings is 1. The van der Waals surface area contributed by atoms with Crippen molar-refractivity contribution in [3.8, 4) is 11.7 Å². The minimum absolute atomic E-state index is 0.0714. The second-order valence-electron chi connectivity index (χ2n) is 6.56. The maximum Gasteiger partial charge on any atom is 0.263 e. The summed E-state index contributed by atoms with van der Waals surface area (Å²) in [6.45, 7) is 7.11. The average Bonchev–Trinajstić information content (AvgIpc) is 2.96. The van der Waals surface area contributed by atoms with Gasteiger partial charge in [0.1, 0.15) is 11.6 Å². The van der Waals surface area contributed by atoms with Crippen LogP contribution in [0.3, 0.4) is 0 Å². The second kappa shape index (κ2) is 7.70. The number of H-pyrrole nitrogens is 1. The van der Waals surface area contributed by atoms with Gasteiger partial charge in [-0.25, -0.2) is 13.4 Å². The van der Waals surface area contributed by atoms with Crippen LogP contribution < -0.4 is 15.0 Å². The molecule has 0 radical (unpaired) electrons. The summed E-state index contributed by atoms with van der Waals surface area (Å²) in [7, 11) is -2.39. The predicted molar refractivity (Wildman–Crippen MR) is 109 cm³/mol. The van der Waals surface area contributed by atoms with Crippen LogP contribution >= 0.6 is 0 Å². The summed E-state index contributed by atoms with van der Waals surface area (Å²) in [6.07, 6.45) is 0.544. The Hall–Kier alpha value is -3.14. The Morgan fingerprint density at radius 2 is 1.79 bits per heavy atom. The van der Waals surface area contributed by atoms with E-state index in [4.69, 9.17) is 4.74 Å². The number of nitrogens with zero attached hydrogens (tertiary/aromatic N) is 3. The van der Waals surface area contributed by atoms with Crippen LogP contribution in [0.15, 0.2) is 34.0 Å².